The number of aliphatic hydroxyl groups is 3. The zero-order valence-electron chi connectivity index (χ0n) is 10.7. The lowest BCUT2D eigenvalue weighted by Crippen LogP contribution is -2.57. The van der Waals surface area contributed by atoms with Crippen LogP contribution < -0.4 is 5.32 Å². The largest absolute Gasteiger partial charge is 0.394 e. The maximum atomic E-state index is 9.82. The first-order chi connectivity index (χ1) is 9.20. The first-order valence-corrected chi connectivity index (χ1v) is 6.40. The summed E-state index contributed by atoms with van der Waals surface area (Å²) in [6.45, 7) is 2.24. The van der Waals surface area contributed by atoms with Crippen molar-refractivity contribution in [3.8, 4) is 0 Å². The van der Waals surface area contributed by atoms with Gasteiger partial charge in [-0.15, -0.1) is 0 Å². The van der Waals surface area contributed by atoms with E-state index in [4.69, 9.17) is 15.4 Å². The van der Waals surface area contributed by atoms with E-state index in [1.807, 2.05) is 0 Å². The summed E-state index contributed by atoms with van der Waals surface area (Å²) in [7, 11) is 0. The van der Waals surface area contributed by atoms with Crippen molar-refractivity contribution in [3.05, 3.63) is 17.0 Å². The molecule has 1 radical (unpaired) electrons. The van der Waals surface area contributed by atoms with Crippen LogP contribution in [0.2, 0.25) is 0 Å². The molecule has 0 bridgehead atoms. The maximum Gasteiger partial charge on any atom is 0.110 e. The highest BCUT2D eigenvalue weighted by Gasteiger charge is 2.37. The highest BCUT2D eigenvalue weighted by Crippen LogP contribution is 2.18. The summed E-state index contributed by atoms with van der Waals surface area (Å²) in [6, 6.07) is -0.449. The molecule has 1 aliphatic heterocycles. The standard InChI is InChI=1S/C11H21N4O4/c12-15-14-5-3-1-2-4-13-8-7-19-9(6-16)11(18)10(8)17/h7-11,13,16-18H,1-6H2/t8-,9-,10-,11-/m1/s1. The number of azide groups is 1. The summed E-state index contributed by atoms with van der Waals surface area (Å²) >= 11 is 0. The molecule has 8 nitrogen and oxygen atoms in total. The molecule has 0 aromatic rings. The van der Waals surface area contributed by atoms with Crippen LogP contribution in [0.15, 0.2) is 5.11 Å². The lowest BCUT2D eigenvalue weighted by atomic mass is 9.98. The van der Waals surface area contributed by atoms with Crippen LogP contribution in [-0.4, -0.2) is 59.4 Å². The highest BCUT2D eigenvalue weighted by atomic mass is 16.5. The van der Waals surface area contributed by atoms with E-state index in [1.165, 1.54) is 6.61 Å². The van der Waals surface area contributed by atoms with Crippen molar-refractivity contribution >= 4 is 0 Å². The Morgan fingerprint density at radius 3 is 2.74 bits per heavy atom. The molecule has 1 saturated heterocycles. The fourth-order valence-electron chi connectivity index (χ4n) is 1.90. The van der Waals surface area contributed by atoms with Gasteiger partial charge in [-0.3, -0.25) is 0 Å². The van der Waals surface area contributed by atoms with Gasteiger partial charge in [-0.25, -0.2) is 0 Å². The predicted octanol–water partition coefficient (Wildman–Crippen LogP) is -0.300. The van der Waals surface area contributed by atoms with Gasteiger partial charge in [-0.1, -0.05) is 11.5 Å². The summed E-state index contributed by atoms with van der Waals surface area (Å²) < 4.78 is 5.13. The minimum Gasteiger partial charge on any atom is -0.394 e. The van der Waals surface area contributed by atoms with Gasteiger partial charge in [0.1, 0.15) is 24.9 Å². The van der Waals surface area contributed by atoms with Gasteiger partial charge in [0, 0.05) is 11.5 Å². The van der Waals surface area contributed by atoms with Gasteiger partial charge in [0.15, 0.2) is 0 Å². The highest BCUT2D eigenvalue weighted by molar-refractivity contribution is 4.95. The molecule has 1 rings (SSSR count). The number of hydrogen-bond donors (Lipinski definition) is 4. The molecule has 0 aliphatic carbocycles. The molecule has 0 amide bonds. The van der Waals surface area contributed by atoms with Gasteiger partial charge in [-0.05, 0) is 24.9 Å². The average molecular weight is 273 g/mol. The second-order valence-corrected chi connectivity index (χ2v) is 4.47. The summed E-state index contributed by atoms with van der Waals surface area (Å²) in [5, 5.41) is 34.9. The number of nitrogens with one attached hydrogen (secondary N) is 1. The van der Waals surface area contributed by atoms with Crippen molar-refractivity contribution in [2.24, 2.45) is 5.11 Å². The zero-order chi connectivity index (χ0) is 14.1. The summed E-state index contributed by atoms with van der Waals surface area (Å²) in [4.78, 5) is 2.67. The van der Waals surface area contributed by atoms with E-state index < -0.39 is 24.4 Å². The van der Waals surface area contributed by atoms with Gasteiger partial charge >= 0.3 is 0 Å². The fraction of sp³-hybridized carbons (Fsp3) is 0.909. The minimum absolute atomic E-state index is 0.332. The summed E-state index contributed by atoms with van der Waals surface area (Å²) in [6.07, 6.45) is -0.243. The summed E-state index contributed by atoms with van der Waals surface area (Å²) in [5.41, 5.74) is 8.09. The third kappa shape index (κ3) is 5.32. The molecule has 4 atom stereocenters. The van der Waals surface area contributed by atoms with Crippen LogP contribution >= 0.6 is 0 Å². The van der Waals surface area contributed by atoms with Gasteiger partial charge in [0.05, 0.1) is 12.6 Å². The van der Waals surface area contributed by atoms with Crippen molar-refractivity contribution < 1.29 is 20.1 Å². The minimum atomic E-state index is -1.10. The van der Waals surface area contributed by atoms with E-state index in [1.54, 1.807) is 0 Å². The number of unbranched alkanes of at least 4 members (excludes halogenated alkanes) is 2. The number of aliphatic hydroxyl groups excluding tert-OH is 3. The monoisotopic (exact) mass is 273 g/mol. The molecule has 0 aromatic heterocycles. The molecule has 1 fully saturated rings. The molecule has 1 aliphatic rings. The molecule has 1 heterocycles. The van der Waals surface area contributed by atoms with Crippen molar-refractivity contribution in [1.82, 2.24) is 5.32 Å². The molecule has 19 heavy (non-hydrogen) atoms. The first kappa shape index (κ1) is 16.2. The Hall–Kier alpha value is -0.890. The Morgan fingerprint density at radius 2 is 2.05 bits per heavy atom. The molecule has 0 unspecified atom stereocenters. The van der Waals surface area contributed by atoms with Gasteiger partial charge in [-0.2, -0.15) is 0 Å². The van der Waals surface area contributed by atoms with Gasteiger partial charge < -0.3 is 25.4 Å². The second kappa shape index (κ2) is 9.08. The first-order valence-electron chi connectivity index (χ1n) is 6.40. The Labute approximate surface area is 112 Å². The fourth-order valence-corrected chi connectivity index (χ4v) is 1.90. The molecule has 4 N–H and O–H groups in total. The molecule has 8 heteroatoms. The van der Waals surface area contributed by atoms with Crippen molar-refractivity contribution in [2.45, 2.75) is 43.6 Å². The summed E-state index contributed by atoms with van der Waals surface area (Å²) in [5.74, 6) is 0. The Kier molecular flexibility index (Phi) is 7.73. The van der Waals surface area contributed by atoms with Crippen LogP contribution in [-0.2, 0) is 4.74 Å². The predicted molar refractivity (Wildman–Crippen MR) is 67.9 cm³/mol. The number of hydrogen-bond acceptors (Lipinski definition) is 6. The average Bonchev–Trinajstić information content (AvgIpc) is 2.42. The smallest absolute Gasteiger partial charge is 0.110 e. The van der Waals surface area contributed by atoms with E-state index in [0.29, 0.717) is 13.1 Å². The SMILES string of the molecule is [N-]=[N+]=NCCCCCN[C@@H]1[CH]O[C@H](CO)[C@@H](O)[C@@H]1O. The van der Waals surface area contributed by atoms with Crippen molar-refractivity contribution in [2.75, 3.05) is 19.7 Å². The van der Waals surface area contributed by atoms with Crippen LogP contribution in [0.3, 0.4) is 0 Å². The molecule has 0 saturated carbocycles. The Morgan fingerprint density at radius 1 is 1.26 bits per heavy atom. The number of rotatable bonds is 8. The molecule has 0 spiro atoms. The molecular formula is C11H21N4O4. The Balaban J connectivity index is 2.14. The quantitative estimate of drug-likeness (QED) is 0.209. The molecule has 0 aromatic carbocycles. The van der Waals surface area contributed by atoms with Crippen LogP contribution in [0.25, 0.3) is 10.4 Å². The zero-order valence-corrected chi connectivity index (χ0v) is 10.7. The maximum absolute atomic E-state index is 9.82. The number of nitrogens with zero attached hydrogens (tertiary/aromatic N) is 3. The van der Waals surface area contributed by atoms with E-state index in [9.17, 15) is 10.2 Å². The van der Waals surface area contributed by atoms with Crippen LogP contribution in [0.1, 0.15) is 19.3 Å². The lowest BCUT2D eigenvalue weighted by molar-refractivity contribution is -0.137. The Bertz CT molecular complexity index is 298. The normalized spacial score (nSPS) is 30.9. The van der Waals surface area contributed by atoms with E-state index in [2.05, 4.69) is 15.3 Å². The van der Waals surface area contributed by atoms with Crippen molar-refractivity contribution in [1.29, 1.82) is 0 Å². The van der Waals surface area contributed by atoms with Crippen LogP contribution in [0, 0.1) is 6.61 Å². The van der Waals surface area contributed by atoms with Crippen molar-refractivity contribution in [3.63, 3.8) is 0 Å². The van der Waals surface area contributed by atoms with Crippen LogP contribution in [0.4, 0.5) is 0 Å². The number of ether oxygens (including phenoxy) is 1. The third-order valence-corrected chi connectivity index (χ3v) is 3.06. The molecule has 109 valence electrons. The topological polar surface area (TPSA) is 131 Å². The second-order valence-electron chi connectivity index (χ2n) is 4.47. The third-order valence-electron chi connectivity index (χ3n) is 3.06. The van der Waals surface area contributed by atoms with E-state index in [0.717, 1.165) is 19.3 Å². The lowest BCUT2D eigenvalue weighted by Gasteiger charge is -2.36. The van der Waals surface area contributed by atoms with Crippen LogP contribution in [0.5, 0.6) is 0 Å². The van der Waals surface area contributed by atoms with Gasteiger partial charge in [0.2, 0.25) is 0 Å². The van der Waals surface area contributed by atoms with E-state index >= 15 is 0 Å². The van der Waals surface area contributed by atoms with E-state index in [-0.39, 0.29) is 6.61 Å². The van der Waals surface area contributed by atoms with Gasteiger partial charge in [0.25, 0.3) is 0 Å². The molecular weight excluding hydrogens is 252 g/mol.